The summed E-state index contributed by atoms with van der Waals surface area (Å²) in [5.74, 6) is -2.22. The van der Waals surface area contributed by atoms with Crippen molar-refractivity contribution in [3.8, 4) is 11.5 Å². The number of aliphatic hydroxyl groups excluding tert-OH is 2. The van der Waals surface area contributed by atoms with Crippen LogP contribution in [-0.4, -0.2) is 47.0 Å². The fourth-order valence-electron chi connectivity index (χ4n) is 7.19. The highest BCUT2D eigenvalue weighted by Crippen LogP contribution is 2.47. The molecule has 0 aromatic heterocycles. The van der Waals surface area contributed by atoms with Crippen LogP contribution >= 0.6 is 22.6 Å². The second-order valence-corrected chi connectivity index (χ2v) is 13.7. The van der Waals surface area contributed by atoms with E-state index in [2.05, 4.69) is 27.9 Å². The molecule has 2 aliphatic rings. The van der Waals surface area contributed by atoms with Gasteiger partial charge in [0.15, 0.2) is 11.5 Å². The minimum atomic E-state index is -0.931. The second kappa shape index (κ2) is 15.0. The summed E-state index contributed by atoms with van der Waals surface area (Å²) in [6.45, 7) is 1.53. The van der Waals surface area contributed by atoms with E-state index in [-0.39, 0.29) is 24.2 Å². The van der Waals surface area contributed by atoms with Gasteiger partial charge in [0.05, 0.1) is 40.9 Å². The van der Waals surface area contributed by atoms with Crippen molar-refractivity contribution in [2.75, 3.05) is 23.9 Å². The van der Waals surface area contributed by atoms with E-state index in [4.69, 9.17) is 4.74 Å². The number of fused-ring (bicyclic) bond motifs is 1. The number of anilines is 3. The first-order chi connectivity index (χ1) is 23.7. The molecule has 4 aromatic rings. The first kappa shape index (κ1) is 34.4. The highest BCUT2D eigenvalue weighted by Gasteiger charge is 2.54. The molecule has 6 rings (SSSR count). The number of nitrogens with zero attached hydrogens (tertiary/aromatic N) is 1. The zero-order valence-electron chi connectivity index (χ0n) is 27.3. The summed E-state index contributed by atoms with van der Waals surface area (Å²) in [5, 5.41) is 36.0. The highest BCUT2D eigenvalue weighted by molar-refractivity contribution is 14.1. The lowest BCUT2D eigenvalue weighted by Gasteiger charge is -2.35. The summed E-state index contributed by atoms with van der Waals surface area (Å²) in [4.78, 5) is 28.9. The van der Waals surface area contributed by atoms with E-state index in [0.717, 1.165) is 33.6 Å². The quantitative estimate of drug-likeness (QED) is 0.0538. The Balaban J connectivity index is 1.22. The maximum absolute atomic E-state index is 14.0. The van der Waals surface area contributed by atoms with Crippen LogP contribution in [0.2, 0.25) is 0 Å². The molecular formula is C40H39IN2O6. The van der Waals surface area contributed by atoms with Gasteiger partial charge in [0.2, 0.25) is 11.8 Å². The summed E-state index contributed by atoms with van der Waals surface area (Å²) in [6, 6.07) is 30.4. The third-order valence-corrected chi connectivity index (χ3v) is 10.3. The van der Waals surface area contributed by atoms with Crippen molar-refractivity contribution in [3.63, 3.8) is 0 Å². The van der Waals surface area contributed by atoms with E-state index in [0.29, 0.717) is 39.8 Å². The third-order valence-electron chi connectivity index (χ3n) is 9.52. The number of benzene rings is 4. The van der Waals surface area contributed by atoms with Gasteiger partial charge in [0.25, 0.3) is 0 Å². The molecule has 2 amide bonds. The molecule has 4 N–H and O–H groups in total. The summed E-state index contributed by atoms with van der Waals surface area (Å²) in [7, 11) is 1.51. The van der Waals surface area contributed by atoms with Gasteiger partial charge in [-0.3, -0.25) is 14.5 Å². The average molecular weight is 771 g/mol. The molecule has 0 radical (unpaired) electrons. The summed E-state index contributed by atoms with van der Waals surface area (Å²) >= 11 is 2.07. The van der Waals surface area contributed by atoms with Crippen LogP contribution in [0, 0.1) is 21.3 Å². The molecule has 1 heterocycles. The number of aliphatic hydroxyl groups is 2. The number of phenols is 1. The van der Waals surface area contributed by atoms with E-state index in [1.165, 1.54) is 12.0 Å². The van der Waals surface area contributed by atoms with E-state index < -0.39 is 23.9 Å². The summed E-state index contributed by atoms with van der Waals surface area (Å²) in [6.07, 6.45) is 2.27. The maximum Gasteiger partial charge on any atom is 0.238 e. The number of hydrogen-bond donors (Lipinski definition) is 4. The van der Waals surface area contributed by atoms with Crippen molar-refractivity contribution < 1.29 is 29.6 Å². The number of rotatable bonds is 11. The molecule has 0 unspecified atom stereocenters. The minimum Gasteiger partial charge on any atom is -0.504 e. The molecule has 1 aliphatic carbocycles. The largest absolute Gasteiger partial charge is 0.504 e. The summed E-state index contributed by atoms with van der Waals surface area (Å²) < 4.78 is 6.03. The van der Waals surface area contributed by atoms with Gasteiger partial charge in [-0.15, -0.1) is 0 Å². The molecule has 9 heteroatoms. The number of carbonyl (C=O) groups excluding carboxylic acids is 2. The number of ether oxygens (including phenoxy) is 1. The molecule has 0 spiro atoms. The van der Waals surface area contributed by atoms with Crippen molar-refractivity contribution in [1.29, 1.82) is 0 Å². The van der Waals surface area contributed by atoms with E-state index >= 15 is 0 Å². The molecule has 4 atom stereocenters. The minimum absolute atomic E-state index is 0.0839. The van der Waals surface area contributed by atoms with Gasteiger partial charge in [-0.2, -0.15) is 0 Å². The predicted octanol–water partition coefficient (Wildman–Crippen LogP) is 7.57. The lowest BCUT2D eigenvalue weighted by atomic mass is 9.68. The lowest BCUT2D eigenvalue weighted by molar-refractivity contribution is -0.123. The number of methoxy groups -OCH3 is 1. The van der Waals surface area contributed by atoms with Crippen molar-refractivity contribution in [2.45, 2.75) is 32.3 Å². The van der Waals surface area contributed by atoms with E-state index in [9.17, 15) is 24.9 Å². The van der Waals surface area contributed by atoms with Crippen LogP contribution in [0.1, 0.15) is 37.3 Å². The third kappa shape index (κ3) is 7.15. The van der Waals surface area contributed by atoms with Crippen molar-refractivity contribution >= 4 is 63.1 Å². The number of hydrogen-bond acceptors (Lipinski definition) is 7. The molecule has 0 bridgehead atoms. The monoisotopic (exact) mass is 770 g/mol. The Kier molecular flexibility index (Phi) is 10.5. The molecule has 49 heavy (non-hydrogen) atoms. The fraction of sp³-hybridized carbons (Fsp3) is 0.250. The number of amides is 2. The number of phenolic OH excluding ortho intramolecular Hbond substituents is 1. The molecular weight excluding hydrogens is 731 g/mol. The van der Waals surface area contributed by atoms with Gasteiger partial charge in [0.1, 0.15) is 0 Å². The number of aromatic hydroxyl groups is 1. The van der Waals surface area contributed by atoms with Crippen LogP contribution in [0.15, 0.2) is 108 Å². The Bertz CT molecular complexity index is 1890. The summed E-state index contributed by atoms with van der Waals surface area (Å²) in [5.41, 5.74) is 6.51. The zero-order chi connectivity index (χ0) is 34.7. The van der Waals surface area contributed by atoms with Gasteiger partial charge in [0, 0.05) is 17.3 Å². The first-order valence-corrected chi connectivity index (χ1v) is 17.4. The number of halogens is 1. The Morgan fingerprint density at radius 2 is 1.63 bits per heavy atom. The van der Waals surface area contributed by atoms with Crippen LogP contribution < -0.4 is 15.0 Å². The predicted molar refractivity (Wildman–Crippen MR) is 200 cm³/mol. The number of nitrogens with one attached hydrogen (secondary N) is 1. The second-order valence-electron chi connectivity index (χ2n) is 12.6. The van der Waals surface area contributed by atoms with Crippen LogP contribution in [0.4, 0.5) is 17.1 Å². The molecule has 8 nitrogen and oxygen atoms in total. The van der Waals surface area contributed by atoms with E-state index in [1.807, 2.05) is 91.9 Å². The molecule has 0 saturated carbocycles. The number of carbonyl (C=O) groups is 2. The van der Waals surface area contributed by atoms with Crippen LogP contribution in [0.25, 0.3) is 11.6 Å². The molecule has 1 aliphatic heterocycles. The molecule has 4 aromatic carbocycles. The van der Waals surface area contributed by atoms with Gasteiger partial charge < -0.3 is 25.4 Å². The zero-order valence-corrected chi connectivity index (χ0v) is 29.5. The fourth-order valence-corrected chi connectivity index (χ4v) is 7.81. The van der Waals surface area contributed by atoms with Gasteiger partial charge in [-0.05, 0) is 120 Å². The van der Waals surface area contributed by atoms with Crippen LogP contribution in [0.3, 0.4) is 0 Å². The Labute approximate surface area is 299 Å². The lowest BCUT2D eigenvalue weighted by Crippen LogP contribution is -2.38. The Morgan fingerprint density at radius 3 is 2.29 bits per heavy atom. The van der Waals surface area contributed by atoms with Crippen molar-refractivity contribution in [3.05, 3.63) is 123 Å². The smallest absolute Gasteiger partial charge is 0.238 e. The van der Waals surface area contributed by atoms with Crippen molar-refractivity contribution in [2.24, 2.45) is 17.8 Å². The van der Waals surface area contributed by atoms with Gasteiger partial charge in [-0.1, -0.05) is 60.2 Å². The van der Waals surface area contributed by atoms with Crippen LogP contribution in [-0.2, 0) is 9.59 Å². The van der Waals surface area contributed by atoms with Crippen LogP contribution in [0.5, 0.6) is 11.5 Å². The molecule has 1 fully saturated rings. The number of imide groups is 1. The maximum atomic E-state index is 14.0. The normalized spacial score (nSPS) is 20.0. The SMILES string of the molecule is COc1cc(/C=C(/CC[C@@H](O)C2=C(C)C[C@H]3C(=O)N(c4ccc(Nc5ccccc5)cc4)C(=O)[C@H]3[C@H]2CO)c2ccccc2)cc(I)c1O. The van der Waals surface area contributed by atoms with Crippen molar-refractivity contribution in [1.82, 2.24) is 0 Å². The molecule has 1 saturated heterocycles. The first-order valence-electron chi connectivity index (χ1n) is 16.3. The molecule has 252 valence electrons. The van der Waals surface area contributed by atoms with E-state index in [1.54, 1.807) is 18.2 Å². The van der Waals surface area contributed by atoms with Gasteiger partial charge in [-0.25, -0.2) is 0 Å². The highest BCUT2D eigenvalue weighted by atomic mass is 127. The topological polar surface area (TPSA) is 119 Å². The average Bonchev–Trinajstić information content (AvgIpc) is 3.36. The standard InChI is InChI=1S/C40H39IN2O6/c1-24-19-31-37(40(48)43(39(31)47)30-16-14-29(15-17-30)42-28-11-7-4-8-12-28)32(23-44)36(24)34(45)18-13-27(26-9-5-3-6-10-26)20-25-21-33(41)38(46)35(22-25)49-2/h3-12,14-17,20-22,31-32,34,37,42,44-46H,13,18-19,23H2,1-2H3/b27-20-/t31-,32+,34-,37-/m1/s1. The van der Waals surface area contributed by atoms with Gasteiger partial charge >= 0.3 is 0 Å². The Morgan fingerprint density at radius 1 is 0.980 bits per heavy atom. The number of allylic oxidation sites excluding steroid dienone is 2. The number of para-hydroxylation sites is 1. The Hall–Kier alpha value is -4.45.